The number of aliphatic imine (C=N–C) groups is 1. The van der Waals surface area contributed by atoms with Gasteiger partial charge in [0, 0.05) is 5.88 Å². The topological polar surface area (TPSA) is 44.6 Å². The summed E-state index contributed by atoms with van der Waals surface area (Å²) in [5.74, 6) is 0.960. The van der Waals surface area contributed by atoms with Crippen molar-refractivity contribution in [3.63, 3.8) is 0 Å². The highest BCUT2D eigenvalue weighted by atomic mass is 35.5. The Labute approximate surface area is 59.7 Å². The lowest BCUT2D eigenvalue weighted by molar-refractivity contribution is 0.233. The maximum absolute atomic E-state index is 8.26. The highest BCUT2D eigenvalue weighted by Crippen LogP contribution is 1.91. The molecule has 0 rings (SSSR count). The minimum absolute atomic E-state index is 0.0614. The van der Waals surface area contributed by atoms with Crippen LogP contribution < -0.4 is 5.48 Å². The Hall–Kier alpha value is -0.280. The normalized spacial score (nSPS) is 15.3. The number of hydroxylamine groups is 1. The van der Waals surface area contributed by atoms with Crippen LogP contribution in [-0.4, -0.2) is 23.0 Å². The highest BCUT2D eigenvalue weighted by molar-refractivity contribution is 6.18. The van der Waals surface area contributed by atoms with E-state index >= 15 is 0 Å². The van der Waals surface area contributed by atoms with Gasteiger partial charge in [-0.25, -0.2) is 0 Å². The lowest BCUT2D eigenvalue weighted by atomic mass is 10.4. The molecule has 0 fully saturated rings. The van der Waals surface area contributed by atoms with E-state index in [1.807, 2.05) is 12.4 Å². The summed E-state index contributed by atoms with van der Waals surface area (Å²) in [6.45, 7) is 3.54. The maximum Gasteiger partial charge on any atom is 0.117 e. The van der Waals surface area contributed by atoms with Crippen molar-refractivity contribution in [1.29, 1.82) is 0 Å². The van der Waals surface area contributed by atoms with Crippen LogP contribution in [0.1, 0.15) is 13.8 Å². The zero-order valence-corrected chi connectivity index (χ0v) is 6.31. The Balaban J connectivity index is 3.64. The predicted molar refractivity (Wildman–Crippen MR) is 38.2 cm³/mol. The second-order valence-electron chi connectivity index (χ2n) is 1.83. The molecular weight excluding hydrogens is 140 g/mol. The SMILES string of the molecule is CC(=NC(C)CCl)NO. The van der Waals surface area contributed by atoms with Crippen LogP contribution in [0.4, 0.5) is 0 Å². The van der Waals surface area contributed by atoms with E-state index in [0.29, 0.717) is 11.7 Å². The van der Waals surface area contributed by atoms with Crippen LogP contribution in [0.15, 0.2) is 4.99 Å². The van der Waals surface area contributed by atoms with Gasteiger partial charge in [0.05, 0.1) is 6.04 Å². The molecule has 3 nitrogen and oxygen atoms in total. The summed E-state index contributed by atoms with van der Waals surface area (Å²) < 4.78 is 0. The molecule has 0 heterocycles. The van der Waals surface area contributed by atoms with Crippen molar-refractivity contribution >= 4 is 17.4 Å². The van der Waals surface area contributed by atoms with Gasteiger partial charge in [0.15, 0.2) is 0 Å². The third-order valence-corrected chi connectivity index (χ3v) is 1.25. The van der Waals surface area contributed by atoms with Crippen LogP contribution in [0.25, 0.3) is 0 Å². The van der Waals surface area contributed by atoms with E-state index in [2.05, 4.69) is 4.99 Å². The fourth-order valence-corrected chi connectivity index (χ4v) is 0.463. The molecule has 4 heteroatoms. The van der Waals surface area contributed by atoms with E-state index in [1.54, 1.807) is 6.92 Å². The van der Waals surface area contributed by atoms with Gasteiger partial charge in [0.25, 0.3) is 0 Å². The van der Waals surface area contributed by atoms with Crippen LogP contribution in [-0.2, 0) is 0 Å². The van der Waals surface area contributed by atoms with Gasteiger partial charge < -0.3 is 0 Å². The summed E-state index contributed by atoms with van der Waals surface area (Å²) in [5, 5.41) is 8.26. The van der Waals surface area contributed by atoms with E-state index in [1.165, 1.54) is 0 Å². The quantitative estimate of drug-likeness (QED) is 0.267. The number of nitrogens with one attached hydrogen (secondary N) is 1. The molecule has 0 aliphatic heterocycles. The molecule has 1 atom stereocenters. The molecule has 0 radical (unpaired) electrons. The van der Waals surface area contributed by atoms with Crippen molar-refractivity contribution in [2.75, 3.05) is 5.88 Å². The van der Waals surface area contributed by atoms with Crippen molar-refractivity contribution in [2.45, 2.75) is 19.9 Å². The maximum atomic E-state index is 8.26. The third-order valence-electron chi connectivity index (χ3n) is 0.799. The van der Waals surface area contributed by atoms with Gasteiger partial charge in [-0.3, -0.25) is 15.7 Å². The molecule has 0 aromatic rings. The zero-order valence-electron chi connectivity index (χ0n) is 5.56. The fourth-order valence-electron chi connectivity index (χ4n) is 0.394. The zero-order chi connectivity index (χ0) is 7.28. The van der Waals surface area contributed by atoms with E-state index in [4.69, 9.17) is 16.8 Å². The summed E-state index contributed by atoms with van der Waals surface area (Å²) in [7, 11) is 0. The Kier molecular flexibility index (Phi) is 4.44. The van der Waals surface area contributed by atoms with Crippen molar-refractivity contribution in [1.82, 2.24) is 5.48 Å². The van der Waals surface area contributed by atoms with Gasteiger partial charge in [0.1, 0.15) is 5.84 Å². The largest absolute Gasteiger partial charge is 0.290 e. The molecule has 0 aliphatic rings. The Morgan fingerprint density at radius 3 is 2.78 bits per heavy atom. The lowest BCUT2D eigenvalue weighted by Gasteiger charge is -2.01. The van der Waals surface area contributed by atoms with E-state index in [-0.39, 0.29) is 6.04 Å². The van der Waals surface area contributed by atoms with Gasteiger partial charge in [-0.05, 0) is 13.8 Å². The summed E-state index contributed by atoms with van der Waals surface area (Å²) >= 11 is 5.44. The number of amidine groups is 1. The van der Waals surface area contributed by atoms with Gasteiger partial charge in [-0.1, -0.05) is 0 Å². The van der Waals surface area contributed by atoms with E-state index in [9.17, 15) is 0 Å². The first-order valence-corrected chi connectivity index (χ1v) is 3.24. The third kappa shape index (κ3) is 4.24. The minimum Gasteiger partial charge on any atom is -0.290 e. The van der Waals surface area contributed by atoms with Crippen LogP contribution in [0, 0.1) is 0 Å². The molecule has 0 aromatic carbocycles. The first kappa shape index (κ1) is 8.72. The molecule has 54 valence electrons. The van der Waals surface area contributed by atoms with E-state index < -0.39 is 0 Å². The monoisotopic (exact) mass is 150 g/mol. The first-order valence-electron chi connectivity index (χ1n) is 2.71. The van der Waals surface area contributed by atoms with Crippen molar-refractivity contribution in [2.24, 2.45) is 4.99 Å². The number of halogens is 1. The molecule has 0 aliphatic carbocycles. The molecule has 0 amide bonds. The predicted octanol–water partition coefficient (Wildman–Crippen LogP) is 1.01. The summed E-state index contributed by atoms with van der Waals surface area (Å²) in [6.07, 6.45) is 0. The molecular formula is C5H11ClN2O. The van der Waals surface area contributed by atoms with Crippen LogP contribution in [0.2, 0.25) is 0 Å². The van der Waals surface area contributed by atoms with Gasteiger partial charge >= 0.3 is 0 Å². The Morgan fingerprint density at radius 2 is 2.44 bits per heavy atom. The van der Waals surface area contributed by atoms with Gasteiger partial charge in [-0.2, -0.15) is 0 Å². The van der Waals surface area contributed by atoms with Gasteiger partial charge in [-0.15, -0.1) is 11.6 Å². The Morgan fingerprint density at radius 1 is 1.89 bits per heavy atom. The Bertz CT molecular complexity index is 105. The van der Waals surface area contributed by atoms with E-state index in [0.717, 1.165) is 0 Å². The van der Waals surface area contributed by atoms with Crippen LogP contribution in [0.5, 0.6) is 0 Å². The standard InChI is InChI=1S/C5H11ClN2O/c1-4(3-6)7-5(2)8-9/h4,9H,3H2,1-2H3,(H,7,8). The van der Waals surface area contributed by atoms with Crippen LogP contribution >= 0.6 is 11.6 Å². The highest BCUT2D eigenvalue weighted by Gasteiger charge is 1.94. The summed E-state index contributed by atoms with van der Waals surface area (Å²) in [5.41, 5.74) is 1.92. The molecule has 0 spiro atoms. The van der Waals surface area contributed by atoms with Crippen molar-refractivity contribution < 1.29 is 5.21 Å². The molecule has 0 saturated heterocycles. The molecule has 0 aromatic heterocycles. The smallest absolute Gasteiger partial charge is 0.117 e. The fraction of sp³-hybridized carbons (Fsp3) is 0.800. The second kappa shape index (κ2) is 4.58. The minimum atomic E-state index is 0.0614. The number of alkyl halides is 1. The number of hydrogen-bond acceptors (Lipinski definition) is 2. The summed E-state index contributed by atoms with van der Waals surface area (Å²) in [6, 6.07) is 0.0614. The number of nitrogens with zero attached hydrogens (tertiary/aromatic N) is 1. The molecule has 2 N–H and O–H groups in total. The summed E-state index contributed by atoms with van der Waals surface area (Å²) in [4.78, 5) is 3.94. The number of rotatable bonds is 2. The molecule has 9 heavy (non-hydrogen) atoms. The van der Waals surface area contributed by atoms with Crippen LogP contribution in [0.3, 0.4) is 0 Å². The van der Waals surface area contributed by atoms with Gasteiger partial charge in [0.2, 0.25) is 0 Å². The molecule has 0 bridgehead atoms. The average Bonchev–Trinajstić information content (AvgIpc) is 1.87. The first-order chi connectivity index (χ1) is 4.20. The molecule has 1 unspecified atom stereocenters. The second-order valence-corrected chi connectivity index (χ2v) is 2.14. The lowest BCUT2D eigenvalue weighted by Crippen LogP contribution is -2.17. The van der Waals surface area contributed by atoms with Crippen molar-refractivity contribution in [3.05, 3.63) is 0 Å². The molecule has 0 saturated carbocycles. The van der Waals surface area contributed by atoms with Crippen molar-refractivity contribution in [3.8, 4) is 0 Å². The number of hydrogen-bond donors (Lipinski definition) is 2. The average molecular weight is 151 g/mol.